The van der Waals surface area contributed by atoms with Crippen LogP contribution in [0.15, 0.2) is 42.5 Å². The Bertz CT molecular complexity index is 917. The highest BCUT2D eigenvalue weighted by atomic mass is 16.5. The SMILES string of the molecule is COc1ccc2c(c1Oc1ccccc1)[C@]13CCN(C)[C@H](C2)[C@]1(O)CC[C@@H](O)C3. The molecule has 1 heterocycles. The van der Waals surface area contributed by atoms with Gasteiger partial charge in [-0.1, -0.05) is 24.3 Å². The average molecular weight is 395 g/mol. The maximum absolute atomic E-state index is 12.1. The minimum absolute atomic E-state index is 0.0502. The van der Waals surface area contributed by atoms with Gasteiger partial charge < -0.3 is 24.6 Å². The number of aliphatic hydroxyl groups excluding tert-OH is 1. The number of methoxy groups -OCH3 is 1. The lowest BCUT2D eigenvalue weighted by Crippen LogP contribution is -2.73. The van der Waals surface area contributed by atoms with E-state index in [1.165, 1.54) is 5.56 Å². The molecule has 0 spiro atoms. The van der Waals surface area contributed by atoms with Gasteiger partial charge in [0, 0.05) is 17.0 Å². The highest BCUT2D eigenvalue weighted by Crippen LogP contribution is 2.61. The van der Waals surface area contributed by atoms with Gasteiger partial charge >= 0.3 is 0 Å². The number of benzene rings is 2. The van der Waals surface area contributed by atoms with Gasteiger partial charge in [-0.25, -0.2) is 0 Å². The topological polar surface area (TPSA) is 62.2 Å². The Morgan fingerprint density at radius 2 is 1.90 bits per heavy atom. The second-order valence-electron chi connectivity index (χ2n) is 8.90. The largest absolute Gasteiger partial charge is 0.493 e. The van der Waals surface area contributed by atoms with E-state index in [4.69, 9.17) is 9.47 Å². The Hall–Kier alpha value is -2.08. The molecule has 4 atom stereocenters. The van der Waals surface area contributed by atoms with Gasteiger partial charge in [-0.3, -0.25) is 0 Å². The van der Waals surface area contributed by atoms with Gasteiger partial charge in [-0.15, -0.1) is 0 Å². The molecule has 5 nitrogen and oxygen atoms in total. The minimum atomic E-state index is -0.882. The lowest BCUT2D eigenvalue weighted by Gasteiger charge is -2.64. The fourth-order valence-electron chi connectivity index (χ4n) is 6.14. The van der Waals surface area contributed by atoms with Crippen molar-refractivity contribution < 1.29 is 19.7 Å². The fourth-order valence-corrected chi connectivity index (χ4v) is 6.14. The molecule has 0 aromatic heterocycles. The summed E-state index contributed by atoms with van der Waals surface area (Å²) in [6.07, 6.45) is 2.94. The number of ether oxygens (including phenoxy) is 2. The molecule has 3 aliphatic rings. The van der Waals surface area contributed by atoms with E-state index in [0.29, 0.717) is 30.8 Å². The van der Waals surface area contributed by atoms with Crippen LogP contribution in [0, 0.1) is 0 Å². The molecule has 5 heteroatoms. The van der Waals surface area contributed by atoms with Crippen LogP contribution in [0.2, 0.25) is 0 Å². The van der Waals surface area contributed by atoms with Crippen LogP contribution in [-0.2, 0) is 11.8 Å². The van der Waals surface area contributed by atoms with Gasteiger partial charge in [0.1, 0.15) is 5.75 Å². The summed E-state index contributed by atoms with van der Waals surface area (Å²) in [5, 5.41) is 22.8. The van der Waals surface area contributed by atoms with E-state index in [0.717, 1.165) is 30.7 Å². The van der Waals surface area contributed by atoms with Crippen LogP contribution in [0.1, 0.15) is 36.8 Å². The molecule has 1 aliphatic heterocycles. The lowest BCUT2D eigenvalue weighted by atomic mass is 9.49. The van der Waals surface area contributed by atoms with Crippen molar-refractivity contribution in [1.82, 2.24) is 4.90 Å². The summed E-state index contributed by atoms with van der Waals surface area (Å²) >= 11 is 0. The van der Waals surface area contributed by atoms with Gasteiger partial charge in [0.2, 0.25) is 0 Å². The minimum Gasteiger partial charge on any atom is -0.493 e. The first-order valence-corrected chi connectivity index (χ1v) is 10.5. The second kappa shape index (κ2) is 6.73. The first-order valence-electron chi connectivity index (χ1n) is 10.5. The van der Waals surface area contributed by atoms with Crippen molar-refractivity contribution in [1.29, 1.82) is 0 Å². The van der Waals surface area contributed by atoms with Crippen LogP contribution in [0.25, 0.3) is 0 Å². The van der Waals surface area contributed by atoms with E-state index in [1.54, 1.807) is 7.11 Å². The zero-order chi connectivity index (χ0) is 20.2. The summed E-state index contributed by atoms with van der Waals surface area (Å²) in [7, 11) is 3.76. The summed E-state index contributed by atoms with van der Waals surface area (Å²) in [6.45, 7) is 0.890. The number of likely N-dealkylation sites (tertiary alicyclic amines) is 1. The van der Waals surface area contributed by atoms with E-state index in [9.17, 15) is 10.2 Å². The van der Waals surface area contributed by atoms with Crippen molar-refractivity contribution in [2.45, 2.75) is 55.3 Å². The monoisotopic (exact) mass is 395 g/mol. The summed E-state index contributed by atoms with van der Waals surface area (Å²) in [5.41, 5.74) is 0.805. The van der Waals surface area contributed by atoms with E-state index in [1.807, 2.05) is 36.4 Å². The molecule has 0 amide bonds. The highest BCUT2D eigenvalue weighted by Gasteiger charge is 2.65. The number of hydrogen-bond acceptors (Lipinski definition) is 5. The zero-order valence-electron chi connectivity index (χ0n) is 17.1. The first kappa shape index (κ1) is 18.9. The number of fused-ring (bicyclic) bond motifs is 1. The standard InChI is InChI=1S/C24H29NO4/c1-25-13-12-23-15-17(26)10-11-24(23,27)20(25)14-16-8-9-19(28-2)22(21(16)23)29-18-6-4-3-5-7-18/h3-9,17,20,26-27H,10-15H2,1-2H3/t17-,20-,23-,24-/m1/s1. The Labute approximate surface area is 171 Å². The number of rotatable bonds is 3. The van der Waals surface area contributed by atoms with E-state index < -0.39 is 17.1 Å². The second-order valence-corrected chi connectivity index (χ2v) is 8.90. The Morgan fingerprint density at radius 3 is 2.66 bits per heavy atom. The maximum atomic E-state index is 12.1. The van der Waals surface area contributed by atoms with Gasteiger partial charge in [-0.2, -0.15) is 0 Å². The van der Waals surface area contributed by atoms with Gasteiger partial charge in [0.25, 0.3) is 0 Å². The summed E-state index contributed by atoms with van der Waals surface area (Å²) in [6, 6.07) is 13.8. The molecule has 2 aliphatic carbocycles. The van der Waals surface area contributed by atoms with Gasteiger partial charge in [0.05, 0.1) is 18.8 Å². The average Bonchev–Trinajstić information content (AvgIpc) is 2.72. The number of hydrogen-bond donors (Lipinski definition) is 2. The molecule has 2 aromatic rings. The number of piperidine rings is 1. The highest BCUT2D eigenvalue weighted by molar-refractivity contribution is 5.60. The number of para-hydroxylation sites is 1. The Morgan fingerprint density at radius 1 is 1.10 bits per heavy atom. The number of nitrogens with zero attached hydrogens (tertiary/aromatic N) is 1. The third kappa shape index (κ3) is 2.64. The molecular weight excluding hydrogens is 366 g/mol. The molecule has 0 radical (unpaired) electrons. The van der Waals surface area contributed by atoms with Gasteiger partial charge in [-0.05, 0) is 69.5 Å². The molecule has 1 saturated carbocycles. The van der Waals surface area contributed by atoms with Crippen LogP contribution in [-0.4, -0.2) is 53.6 Å². The first-order chi connectivity index (χ1) is 14.0. The molecule has 1 saturated heterocycles. The van der Waals surface area contributed by atoms with E-state index in [-0.39, 0.29) is 6.04 Å². The van der Waals surface area contributed by atoms with Crippen LogP contribution < -0.4 is 9.47 Å². The van der Waals surface area contributed by atoms with Crippen molar-refractivity contribution in [3.63, 3.8) is 0 Å². The zero-order valence-corrected chi connectivity index (χ0v) is 17.1. The quantitative estimate of drug-likeness (QED) is 0.835. The van der Waals surface area contributed by atoms with Crippen molar-refractivity contribution in [2.75, 3.05) is 20.7 Å². The van der Waals surface area contributed by atoms with Crippen molar-refractivity contribution in [3.8, 4) is 17.2 Å². The van der Waals surface area contributed by atoms with Crippen molar-refractivity contribution in [3.05, 3.63) is 53.6 Å². The van der Waals surface area contributed by atoms with Crippen LogP contribution in [0.5, 0.6) is 17.2 Å². The molecular formula is C24H29NO4. The summed E-state index contributed by atoms with van der Waals surface area (Å²) in [5.74, 6) is 2.10. The lowest BCUT2D eigenvalue weighted by molar-refractivity contribution is -0.177. The normalized spacial score (nSPS) is 33.5. The molecule has 154 valence electrons. The molecule has 2 N–H and O–H groups in total. The fraction of sp³-hybridized carbons (Fsp3) is 0.500. The molecule has 2 fully saturated rings. The van der Waals surface area contributed by atoms with Crippen LogP contribution in [0.3, 0.4) is 0 Å². The van der Waals surface area contributed by atoms with Crippen molar-refractivity contribution >= 4 is 0 Å². The predicted molar refractivity (Wildman–Crippen MR) is 111 cm³/mol. The van der Waals surface area contributed by atoms with Crippen LogP contribution in [0.4, 0.5) is 0 Å². The Balaban J connectivity index is 1.75. The number of likely N-dealkylation sites (N-methyl/N-ethyl adjacent to an activating group) is 1. The van der Waals surface area contributed by atoms with Crippen LogP contribution >= 0.6 is 0 Å². The molecule has 29 heavy (non-hydrogen) atoms. The third-order valence-corrected chi connectivity index (χ3v) is 7.53. The third-order valence-electron chi connectivity index (χ3n) is 7.53. The summed E-state index contributed by atoms with van der Waals surface area (Å²) < 4.78 is 12.1. The van der Waals surface area contributed by atoms with E-state index in [2.05, 4.69) is 18.0 Å². The molecule has 2 aromatic carbocycles. The van der Waals surface area contributed by atoms with E-state index >= 15 is 0 Å². The number of aliphatic hydroxyl groups is 2. The molecule has 0 unspecified atom stereocenters. The predicted octanol–water partition coefficient (Wildman–Crippen LogP) is 3.26. The maximum Gasteiger partial charge on any atom is 0.173 e. The molecule has 5 rings (SSSR count). The Kier molecular flexibility index (Phi) is 4.39. The van der Waals surface area contributed by atoms with Crippen molar-refractivity contribution in [2.24, 2.45) is 0 Å². The summed E-state index contributed by atoms with van der Waals surface area (Å²) in [4.78, 5) is 2.29. The van der Waals surface area contributed by atoms with Gasteiger partial charge in [0.15, 0.2) is 11.5 Å². The molecule has 2 bridgehead atoms. The smallest absolute Gasteiger partial charge is 0.173 e.